The number of nitrogens with two attached hydrogens (primary N) is 1. The van der Waals surface area contributed by atoms with Crippen molar-refractivity contribution in [1.82, 2.24) is 5.32 Å². The number of carbonyl (C=O) groups is 1. The first-order valence-electron chi connectivity index (χ1n) is 6.27. The summed E-state index contributed by atoms with van der Waals surface area (Å²) in [5.74, 6) is -0.456. The fourth-order valence-electron chi connectivity index (χ4n) is 2.28. The molecule has 0 bridgehead atoms. The van der Waals surface area contributed by atoms with Gasteiger partial charge < -0.3 is 16.4 Å². The minimum atomic E-state index is -0.456. The van der Waals surface area contributed by atoms with Crippen LogP contribution in [0.3, 0.4) is 0 Å². The van der Waals surface area contributed by atoms with Gasteiger partial charge in [-0.25, -0.2) is 9.18 Å². The molecule has 0 aromatic heterocycles. The van der Waals surface area contributed by atoms with Crippen LogP contribution in [0.15, 0.2) is 18.2 Å². The van der Waals surface area contributed by atoms with E-state index >= 15 is 0 Å². The topological polar surface area (TPSA) is 67.1 Å². The molecule has 1 fully saturated rings. The Morgan fingerprint density at radius 3 is 2.61 bits per heavy atom. The monoisotopic (exact) mass is 251 g/mol. The number of nitrogen functional groups attached to an aromatic ring is 1. The molecule has 0 unspecified atom stereocenters. The zero-order chi connectivity index (χ0) is 13.0. The van der Waals surface area contributed by atoms with Gasteiger partial charge in [0.25, 0.3) is 0 Å². The number of carbonyl (C=O) groups excluding carboxylic acids is 1. The highest BCUT2D eigenvalue weighted by Crippen LogP contribution is 2.18. The highest BCUT2D eigenvalue weighted by atomic mass is 19.1. The van der Waals surface area contributed by atoms with E-state index in [0.29, 0.717) is 11.4 Å². The van der Waals surface area contributed by atoms with E-state index in [0.717, 1.165) is 25.7 Å². The maximum atomic E-state index is 13.1. The molecule has 0 atom stereocenters. The van der Waals surface area contributed by atoms with Crippen LogP contribution in [0, 0.1) is 5.82 Å². The van der Waals surface area contributed by atoms with Crippen LogP contribution < -0.4 is 16.4 Å². The molecular formula is C13H18FN3O. The van der Waals surface area contributed by atoms with Gasteiger partial charge in [0.2, 0.25) is 0 Å². The maximum absolute atomic E-state index is 13.1. The molecule has 0 spiro atoms. The smallest absolute Gasteiger partial charge is 0.319 e. The van der Waals surface area contributed by atoms with Crippen LogP contribution in [0.5, 0.6) is 0 Å². The first-order chi connectivity index (χ1) is 8.63. The summed E-state index contributed by atoms with van der Waals surface area (Å²) in [6.07, 6.45) is 5.56. The minimum Gasteiger partial charge on any atom is -0.399 e. The number of halogens is 1. The third-order valence-electron chi connectivity index (χ3n) is 3.12. The molecule has 0 saturated heterocycles. The highest BCUT2D eigenvalue weighted by Gasteiger charge is 2.15. The predicted molar refractivity (Wildman–Crippen MR) is 69.8 cm³/mol. The Kier molecular flexibility index (Phi) is 4.02. The molecule has 4 nitrogen and oxygen atoms in total. The molecule has 4 N–H and O–H groups in total. The molecule has 0 radical (unpaired) electrons. The number of benzene rings is 1. The van der Waals surface area contributed by atoms with Crippen LogP contribution in [-0.2, 0) is 0 Å². The second kappa shape index (κ2) is 5.71. The lowest BCUT2D eigenvalue weighted by atomic mass is 9.96. The van der Waals surface area contributed by atoms with Gasteiger partial charge in [-0.2, -0.15) is 0 Å². The molecule has 2 rings (SSSR count). The van der Waals surface area contributed by atoms with Crippen molar-refractivity contribution in [3.63, 3.8) is 0 Å². The fraction of sp³-hybridized carbons (Fsp3) is 0.462. The Balaban J connectivity index is 1.89. The van der Waals surface area contributed by atoms with Crippen molar-refractivity contribution in [2.24, 2.45) is 0 Å². The van der Waals surface area contributed by atoms with Gasteiger partial charge in [-0.15, -0.1) is 0 Å². The van der Waals surface area contributed by atoms with E-state index in [1.54, 1.807) is 0 Å². The normalized spacial score (nSPS) is 16.3. The van der Waals surface area contributed by atoms with Gasteiger partial charge in [-0.3, -0.25) is 0 Å². The summed E-state index contributed by atoms with van der Waals surface area (Å²) < 4.78 is 13.1. The molecule has 18 heavy (non-hydrogen) atoms. The van der Waals surface area contributed by atoms with E-state index in [-0.39, 0.29) is 12.1 Å². The zero-order valence-electron chi connectivity index (χ0n) is 10.2. The van der Waals surface area contributed by atoms with E-state index in [1.165, 1.54) is 24.6 Å². The number of amides is 2. The lowest BCUT2D eigenvalue weighted by molar-refractivity contribution is 0.244. The second-order valence-electron chi connectivity index (χ2n) is 4.71. The standard InChI is InChI=1S/C13H18FN3O/c14-9-6-10(15)8-12(7-9)17-13(18)16-11-4-2-1-3-5-11/h6-8,11H,1-5,15H2,(H2,16,17,18). The number of anilines is 2. The van der Waals surface area contributed by atoms with Gasteiger partial charge in [-0.05, 0) is 31.0 Å². The van der Waals surface area contributed by atoms with E-state index < -0.39 is 5.82 Å². The number of hydrogen-bond donors (Lipinski definition) is 3. The lowest BCUT2D eigenvalue weighted by Gasteiger charge is -2.22. The van der Waals surface area contributed by atoms with Crippen molar-refractivity contribution in [3.8, 4) is 0 Å². The van der Waals surface area contributed by atoms with E-state index in [9.17, 15) is 9.18 Å². The third kappa shape index (κ3) is 3.61. The minimum absolute atomic E-state index is 0.227. The Morgan fingerprint density at radius 1 is 1.22 bits per heavy atom. The van der Waals surface area contributed by atoms with Crippen molar-refractivity contribution >= 4 is 17.4 Å². The van der Waals surface area contributed by atoms with Gasteiger partial charge in [0.15, 0.2) is 0 Å². The highest BCUT2D eigenvalue weighted by molar-refractivity contribution is 5.89. The fourth-order valence-corrected chi connectivity index (χ4v) is 2.28. The summed E-state index contributed by atoms with van der Waals surface area (Å²) in [5.41, 5.74) is 6.18. The molecule has 1 aromatic carbocycles. The molecular weight excluding hydrogens is 233 g/mol. The summed E-state index contributed by atoms with van der Waals surface area (Å²) in [6.45, 7) is 0. The second-order valence-corrected chi connectivity index (χ2v) is 4.71. The molecule has 1 aliphatic carbocycles. The average Bonchev–Trinajstić information content (AvgIpc) is 2.28. The van der Waals surface area contributed by atoms with Crippen molar-refractivity contribution in [2.75, 3.05) is 11.1 Å². The maximum Gasteiger partial charge on any atom is 0.319 e. The van der Waals surface area contributed by atoms with Gasteiger partial charge in [0, 0.05) is 17.4 Å². The summed E-state index contributed by atoms with van der Waals surface area (Å²) in [4.78, 5) is 11.7. The number of rotatable bonds is 2. The largest absolute Gasteiger partial charge is 0.399 e. The molecule has 1 saturated carbocycles. The first-order valence-corrected chi connectivity index (χ1v) is 6.27. The van der Waals surface area contributed by atoms with Crippen LogP contribution in [0.4, 0.5) is 20.6 Å². The first kappa shape index (κ1) is 12.7. The van der Waals surface area contributed by atoms with Crippen molar-refractivity contribution in [3.05, 3.63) is 24.0 Å². The Bertz CT molecular complexity index is 410. The van der Waals surface area contributed by atoms with Crippen LogP contribution >= 0.6 is 0 Å². The van der Waals surface area contributed by atoms with E-state index in [1.807, 2.05) is 0 Å². The SMILES string of the molecule is Nc1cc(F)cc(NC(=O)NC2CCCCC2)c1. The van der Waals surface area contributed by atoms with Crippen LogP contribution in [0.25, 0.3) is 0 Å². The van der Waals surface area contributed by atoms with E-state index in [4.69, 9.17) is 5.73 Å². The van der Waals surface area contributed by atoms with E-state index in [2.05, 4.69) is 10.6 Å². The summed E-state index contributed by atoms with van der Waals surface area (Å²) in [5, 5.41) is 5.49. The molecule has 98 valence electrons. The third-order valence-corrected chi connectivity index (χ3v) is 3.12. The van der Waals surface area contributed by atoms with Crippen LogP contribution in [0.2, 0.25) is 0 Å². The molecule has 5 heteroatoms. The zero-order valence-corrected chi connectivity index (χ0v) is 10.2. The Labute approximate surface area is 106 Å². The van der Waals surface area contributed by atoms with Crippen LogP contribution in [0.1, 0.15) is 32.1 Å². The van der Waals surface area contributed by atoms with Crippen LogP contribution in [-0.4, -0.2) is 12.1 Å². The molecule has 1 aromatic rings. The lowest BCUT2D eigenvalue weighted by Crippen LogP contribution is -2.39. The van der Waals surface area contributed by atoms with Crippen molar-refractivity contribution in [2.45, 2.75) is 38.1 Å². The number of nitrogens with one attached hydrogen (secondary N) is 2. The summed E-state index contributed by atoms with van der Waals surface area (Å²) in [7, 11) is 0. The average molecular weight is 251 g/mol. The molecule has 0 aliphatic heterocycles. The molecule has 2 amide bonds. The summed E-state index contributed by atoms with van der Waals surface area (Å²) >= 11 is 0. The summed E-state index contributed by atoms with van der Waals surface area (Å²) in [6, 6.07) is 3.92. The van der Waals surface area contributed by atoms with Crippen molar-refractivity contribution in [1.29, 1.82) is 0 Å². The van der Waals surface area contributed by atoms with Gasteiger partial charge in [-0.1, -0.05) is 19.3 Å². The van der Waals surface area contributed by atoms with Crippen molar-refractivity contribution < 1.29 is 9.18 Å². The predicted octanol–water partition coefficient (Wildman–Crippen LogP) is 2.86. The number of hydrogen-bond acceptors (Lipinski definition) is 2. The van der Waals surface area contributed by atoms with Gasteiger partial charge in [0.05, 0.1) is 0 Å². The quantitative estimate of drug-likeness (QED) is 0.707. The molecule has 1 aliphatic rings. The Hall–Kier alpha value is -1.78. The number of urea groups is 1. The van der Waals surface area contributed by atoms with Gasteiger partial charge in [0.1, 0.15) is 5.82 Å². The Morgan fingerprint density at radius 2 is 1.94 bits per heavy atom. The molecule has 0 heterocycles. The van der Waals surface area contributed by atoms with Gasteiger partial charge >= 0.3 is 6.03 Å².